The van der Waals surface area contributed by atoms with Crippen molar-refractivity contribution in [2.45, 2.75) is 40.0 Å². The van der Waals surface area contributed by atoms with Crippen LogP contribution >= 0.6 is 23.2 Å². The van der Waals surface area contributed by atoms with Crippen LogP contribution in [0.15, 0.2) is 82.9 Å². The molecule has 0 bridgehead atoms. The molecule has 0 aliphatic carbocycles. The van der Waals surface area contributed by atoms with E-state index in [0.717, 1.165) is 40.3 Å². The first-order chi connectivity index (χ1) is 17.9. The Morgan fingerprint density at radius 3 is 2.08 bits per heavy atom. The number of hydrogen-bond acceptors (Lipinski definition) is 5. The molecule has 0 fully saturated rings. The number of benzene rings is 3. The number of aromatic nitrogens is 3. The van der Waals surface area contributed by atoms with E-state index in [1.165, 1.54) is 5.56 Å². The lowest BCUT2D eigenvalue weighted by molar-refractivity contribution is -0.682. The van der Waals surface area contributed by atoms with E-state index in [0.29, 0.717) is 23.1 Å². The highest BCUT2D eigenvalue weighted by Crippen LogP contribution is 2.35. The van der Waals surface area contributed by atoms with Gasteiger partial charge in [-0.15, -0.1) is 0 Å². The van der Waals surface area contributed by atoms with E-state index >= 15 is 0 Å². The molecule has 9 heteroatoms. The van der Waals surface area contributed by atoms with E-state index in [1.807, 2.05) is 72.1 Å². The number of amidine groups is 1. The first-order valence-corrected chi connectivity index (χ1v) is 12.9. The molecule has 1 atom stereocenters. The van der Waals surface area contributed by atoms with Crippen LogP contribution in [-0.2, 0) is 13.1 Å². The van der Waals surface area contributed by atoms with Crippen LogP contribution in [0.3, 0.4) is 0 Å². The van der Waals surface area contributed by atoms with Gasteiger partial charge in [-0.3, -0.25) is 4.90 Å². The Hall–Kier alpha value is -3.68. The van der Waals surface area contributed by atoms with Gasteiger partial charge in [-0.2, -0.15) is 10.1 Å². The van der Waals surface area contributed by atoms with E-state index in [9.17, 15) is 0 Å². The lowest BCUT2D eigenvalue weighted by Gasteiger charge is -2.28. The predicted molar refractivity (Wildman–Crippen MR) is 146 cm³/mol. The second kappa shape index (κ2) is 9.32. The maximum Gasteiger partial charge on any atom is 0.388 e. The van der Waals surface area contributed by atoms with E-state index in [4.69, 9.17) is 38.4 Å². The van der Waals surface area contributed by atoms with Crippen molar-refractivity contribution in [3.05, 3.63) is 111 Å². The minimum atomic E-state index is -0.265. The van der Waals surface area contributed by atoms with Crippen molar-refractivity contribution in [2.75, 3.05) is 0 Å². The first kappa shape index (κ1) is 23.7. The standard InChI is InChI=1S/C28H26Cl2N7/c1-18-4-10-23(11-5-18)26-36-27(34(19(2)32-36)16-21-6-12-24(29)13-7-21)31-28-35(20(3)33-37(26)28)17-22-8-14-25(30)15-9-22/h4-15,26H,16-17H2,1-3H3/q+1. The highest BCUT2D eigenvalue weighted by Gasteiger charge is 2.46. The van der Waals surface area contributed by atoms with Crippen LogP contribution in [0, 0.1) is 13.8 Å². The van der Waals surface area contributed by atoms with Crippen LogP contribution in [0.25, 0.3) is 0 Å². The summed E-state index contributed by atoms with van der Waals surface area (Å²) in [6.45, 7) is 7.38. The Kier molecular flexibility index (Phi) is 5.97. The number of aliphatic imine (C=N–C) groups is 1. The molecule has 4 aromatic rings. The smallest absolute Gasteiger partial charge is 0.282 e. The van der Waals surface area contributed by atoms with Gasteiger partial charge in [0.25, 0.3) is 5.96 Å². The molecule has 2 aliphatic rings. The minimum Gasteiger partial charge on any atom is -0.282 e. The van der Waals surface area contributed by atoms with Gasteiger partial charge in [0.1, 0.15) is 5.84 Å². The fourth-order valence-electron chi connectivity index (χ4n) is 4.73. The van der Waals surface area contributed by atoms with E-state index in [1.54, 1.807) is 0 Å². The zero-order valence-corrected chi connectivity index (χ0v) is 22.3. The number of halogens is 2. The summed E-state index contributed by atoms with van der Waals surface area (Å²) in [5.74, 6) is 3.29. The number of rotatable bonds is 5. The van der Waals surface area contributed by atoms with Gasteiger partial charge in [0, 0.05) is 22.5 Å². The molecule has 6 rings (SSSR count). The molecule has 2 aliphatic heterocycles. The van der Waals surface area contributed by atoms with Gasteiger partial charge in [0.15, 0.2) is 0 Å². The van der Waals surface area contributed by atoms with Crippen molar-refractivity contribution in [3.63, 3.8) is 0 Å². The Morgan fingerprint density at radius 1 is 0.811 bits per heavy atom. The van der Waals surface area contributed by atoms with Crippen LogP contribution in [0.4, 0.5) is 5.95 Å². The summed E-state index contributed by atoms with van der Waals surface area (Å²) in [7, 11) is 0. The molecule has 3 aromatic carbocycles. The van der Waals surface area contributed by atoms with Gasteiger partial charge in [-0.1, -0.05) is 87.0 Å². The molecular formula is C28H26Cl2N7+. The summed E-state index contributed by atoms with van der Waals surface area (Å²) in [5.41, 5.74) is 4.54. The Bertz CT molecular complexity index is 1520. The monoisotopic (exact) mass is 530 g/mol. The molecule has 7 nitrogen and oxygen atoms in total. The number of fused-ring (bicyclic) bond motifs is 2. The molecule has 0 radical (unpaired) electrons. The summed E-state index contributed by atoms with van der Waals surface area (Å²) in [4.78, 5) is 7.29. The van der Waals surface area contributed by atoms with Crippen molar-refractivity contribution in [3.8, 4) is 0 Å². The zero-order valence-electron chi connectivity index (χ0n) is 20.8. The van der Waals surface area contributed by atoms with Gasteiger partial charge >= 0.3 is 5.95 Å². The zero-order chi connectivity index (χ0) is 25.7. The number of hydrazone groups is 1. The third-order valence-electron chi connectivity index (χ3n) is 6.73. The lowest BCUT2D eigenvalue weighted by Crippen LogP contribution is -2.45. The maximum atomic E-state index is 6.13. The topological polar surface area (TPSA) is 52.9 Å². The highest BCUT2D eigenvalue weighted by molar-refractivity contribution is 6.30. The number of guanidine groups is 1. The molecule has 0 spiro atoms. The third-order valence-corrected chi connectivity index (χ3v) is 7.23. The Balaban J connectivity index is 1.47. The summed E-state index contributed by atoms with van der Waals surface area (Å²) >= 11 is 12.3. The molecule has 3 heterocycles. The predicted octanol–water partition coefficient (Wildman–Crippen LogP) is 5.84. The van der Waals surface area contributed by atoms with Gasteiger partial charge in [0.05, 0.1) is 13.1 Å². The van der Waals surface area contributed by atoms with Crippen LogP contribution in [0.1, 0.15) is 41.2 Å². The average molecular weight is 531 g/mol. The summed E-state index contributed by atoms with van der Waals surface area (Å²) in [5, 5.41) is 13.3. The molecule has 186 valence electrons. The molecule has 0 saturated carbocycles. The number of aryl methyl sites for hydroxylation is 2. The molecule has 37 heavy (non-hydrogen) atoms. The fraction of sp³-hybridized carbons (Fsp3) is 0.214. The van der Waals surface area contributed by atoms with Crippen molar-refractivity contribution >= 4 is 40.9 Å². The SMILES string of the molecule is CC1=NN2C(=Nc3n(nc(C)[n+]3Cc3ccc(Cl)cc3)C2c2ccc(C)cc2)N1Cc1ccc(Cl)cc1. The van der Waals surface area contributed by atoms with Crippen molar-refractivity contribution in [1.82, 2.24) is 19.7 Å². The molecule has 0 N–H and O–H groups in total. The maximum absolute atomic E-state index is 6.13. The van der Waals surface area contributed by atoms with E-state index in [-0.39, 0.29) is 6.17 Å². The summed E-state index contributed by atoms with van der Waals surface area (Å²) < 4.78 is 4.12. The average Bonchev–Trinajstić information content (AvgIpc) is 3.36. The van der Waals surface area contributed by atoms with E-state index < -0.39 is 0 Å². The fourth-order valence-corrected chi connectivity index (χ4v) is 4.98. The van der Waals surface area contributed by atoms with Gasteiger partial charge in [-0.05, 0) is 54.3 Å². The third kappa shape index (κ3) is 4.38. The summed E-state index contributed by atoms with van der Waals surface area (Å²) in [6.07, 6.45) is -0.265. The van der Waals surface area contributed by atoms with Crippen molar-refractivity contribution in [2.24, 2.45) is 10.1 Å². The lowest BCUT2D eigenvalue weighted by atomic mass is 10.1. The van der Waals surface area contributed by atoms with Crippen LogP contribution in [-0.4, -0.2) is 31.5 Å². The van der Waals surface area contributed by atoms with Crippen LogP contribution in [0.5, 0.6) is 0 Å². The molecule has 1 unspecified atom stereocenters. The number of hydrogen-bond donors (Lipinski definition) is 0. The second-order valence-electron chi connectivity index (χ2n) is 9.40. The van der Waals surface area contributed by atoms with Crippen molar-refractivity contribution in [1.29, 1.82) is 0 Å². The summed E-state index contributed by atoms with van der Waals surface area (Å²) in [6, 6.07) is 24.3. The molecule has 0 saturated heterocycles. The van der Waals surface area contributed by atoms with E-state index in [2.05, 4.69) is 40.7 Å². The Labute approximate surface area is 225 Å². The van der Waals surface area contributed by atoms with Gasteiger partial charge in [-0.25, -0.2) is 4.57 Å². The first-order valence-electron chi connectivity index (χ1n) is 12.1. The highest BCUT2D eigenvalue weighted by atomic mass is 35.5. The van der Waals surface area contributed by atoms with Crippen molar-refractivity contribution < 1.29 is 4.57 Å². The minimum absolute atomic E-state index is 0.265. The van der Waals surface area contributed by atoms with Gasteiger partial charge in [0.2, 0.25) is 12.0 Å². The molecule has 1 aromatic heterocycles. The van der Waals surface area contributed by atoms with Crippen LogP contribution in [0.2, 0.25) is 10.0 Å². The van der Waals surface area contributed by atoms with Gasteiger partial charge < -0.3 is 0 Å². The Morgan fingerprint density at radius 2 is 1.43 bits per heavy atom. The normalized spacial score (nSPS) is 16.4. The molecule has 0 amide bonds. The second-order valence-corrected chi connectivity index (χ2v) is 10.3. The number of nitrogens with zero attached hydrogens (tertiary/aromatic N) is 7. The van der Waals surface area contributed by atoms with Crippen LogP contribution < -0.4 is 4.57 Å². The largest absolute Gasteiger partial charge is 0.388 e. The quantitative estimate of drug-likeness (QED) is 0.304. The molecular weight excluding hydrogens is 505 g/mol.